The Hall–Kier alpha value is -4.08. The first-order valence-corrected chi connectivity index (χ1v) is 14.0. The molecule has 8 nitrogen and oxygen atoms in total. The largest absolute Gasteiger partial charge is 0.337 e. The van der Waals surface area contributed by atoms with E-state index in [1.165, 1.54) is 0 Å². The van der Waals surface area contributed by atoms with Crippen molar-refractivity contribution in [1.29, 1.82) is 0 Å². The molecule has 0 spiro atoms. The van der Waals surface area contributed by atoms with Gasteiger partial charge in [0.1, 0.15) is 0 Å². The number of nitrogens with zero attached hydrogens (tertiary/aromatic N) is 5. The van der Waals surface area contributed by atoms with Crippen molar-refractivity contribution in [3.63, 3.8) is 0 Å². The number of carbonyl (C=O) groups excluding carboxylic acids is 2. The molecule has 0 saturated carbocycles. The molecule has 2 amide bonds. The monoisotopic (exact) mass is 557 g/mol. The summed E-state index contributed by atoms with van der Waals surface area (Å²) in [4.78, 5) is 42.4. The SMILES string of the molecule is O=C(c1ccc2c(c1)N(Cc1cccc(Cl)c1)C(=O)c1ccccc1[S@@]2=O)N1CCN(c2ncccn2)CC1. The van der Waals surface area contributed by atoms with Gasteiger partial charge in [-0.05, 0) is 54.1 Å². The normalized spacial score (nSPS) is 16.9. The summed E-state index contributed by atoms with van der Waals surface area (Å²) < 4.78 is 13.7. The predicted octanol–water partition coefficient (Wildman–Crippen LogP) is 4.42. The van der Waals surface area contributed by atoms with Crippen LogP contribution in [0, 0.1) is 0 Å². The number of fused-ring (bicyclic) bond motifs is 2. The second kappa shape index (κ2) is 10.6. The number of halogens is 1. The maximum absolute atomic E-state index is 13.8. The van der Waals surface area contributed by atoms with Crippen molar-refractivity contribution >= 4 is 45.9 Å². The van der Waals surface area contributed by atoms with Gasteiger partial charge in [-0.3, -0.25) is 9.59 Å². The third-order valence-corrected chi connectivity index (χ3v) is 8.63. The van der Waals surface area contributed by atoms with E-state index < -0.39 is 10.8 Å². The molecule has 3 heterocycles. The molecule has 6 rings (SSSR count). The average Bonchev–Trinajstić information content (AvgIpc) is 3.06. The molecule has 0 radical (unpaired) electrons. The van der Waals surface area contributed by atoms with Gasteiger partial charge in [0.05, 0.1) is 38.4 Å². The van der Waals surface area contributed by atoms with Gasteiger partial charge in [-0.25, -0.2) is 14.2 Å². The smallest absolute Gasteiger partial charge is 0.259 e. The van der Waals surface area contributed by atoms with Crippen molar-refractivity contribution in [2.75, 3.05) is 36.0 Å². The van der Waals surface area contributed by atoms with Crippen molar-refractivity contribution in [2.45, 2.75) is 16.3 Å². The molecular formula is C29H24ClN5O3S. The van der Waals surface area contributed by atoms with Crippen LogP contribution in [0.2, 0.25) is 5.02 Å². The number of rotatable bonds is 4. The number of benzene rings is 3. The lowest BCUT2D eigenvalue weighted by atomic mass is 10.1. The summed E-state index contributed by atoms with van der Waals surface area (Å²) in [6.07, 6.45) is 3.41. The lowest BCUT2D eigenvalue weighted by Crippen LogP contribution is -2.49. The Kier molecular flexibility index (Phi) is 6.85. The van der Waals surface area contributed by atoms with Gasteiger partial charge in [0.15, 0.2) is 0 Å². The van der Waals surface area contributed by atoms with Gasteiger partial charge in [0.2, 0.25) is 5.95 Å². The van der Waals surface area contributed by atoms with E-state index in [0.29, 0.717) is 63.8 Å². The van der Waals surface area contributed by atoms with Crippen LogP contribution in [0.25, 0.3) is 0 Å². The second-order valence-electron chi connectivity index (χ2n) is 9.30. The van der Waals surface area contributed by atoms with Gasteiger partial charge in [0, 0.05) is 49.2 Å². The molecule has 1 fully saturated rings. The first-order chi connectivity index (χ1) is 19.0. The topological polar surface area (TPSA) is 86.7 Å². The Balaban J connectivity index is 1.33. The summed E-state index contributed by atoms with van der Waals surface area (Å²) in [6, 6.07) is 21.1. The fraction of sp³-hybridized carbons (Fsp3) is 0.172. The fourth-order valence-corrected chi connectivity index (χ4v) is 6.48. The standard InChI is InChI=1S/C29H24ClN5O3S/c30-22-6-3-5-20(17-22)19-35-24-18-21(9-10-26(24)39(38)25-8-2-1-7-23(25)28(35)37)27(36)33-13-15-34(16-14-33)29-31-11-4-12-32-29/h1-12,17-18H,13-16,19H2/t39-/m0/s1. The molecule has 0 bridgehead atoms. The van der Waals surface area contributed by atoms with Crippen LogP contribution in [0.1, 0.15) is 26.3 Å². The Morgan fingerprint density at radius 3 is 2.41 bits per heavy atom. The van der Waals surface area contributed by atoms with Gasteiger partial charge in [-0.2, -0.15) is 0 Å². The van der Waals surface area contributed by atoms with Crippen LogP contribution in [0.4, 0.5) is 11.6 Å². The van der Waals surface area contributed by atoms with E-state index in [4.69, 9.17) is 11.6 Å². The first-order valence-electron chi connectivity index (χ1n) is 12.5. The highest BCUT2D eigenvalue weighted by Gasteiger charge is 2.32. The molecule has 39 heavy (non-hydrogen) atoms. The van der Waals surface area contributed by atoms with Gasteiger partial charge in [-0.1, -0.05) is 35.9 Å². The lowest BCUT2D eigenvalue weighted by Gasteiger charge is -2.35. The summed E-state index contributed by atoms with van der Waals surface area (Å²) in [5.41, 5.74) is 2.09. The van der Waals surface area contributed by atoms with E-state index in [9.17, 15) is 13.8 Å². The number of anilines is 2. The molecule has 196 valence electrons. The molecule has 0 aliphatic carbocycles. The Bertz CT molecular complexity index is 1590. The highest BCUT2D eigenvalue weighted by Crippen LogP contribution is 2.36. The molecule has 1 atom stereocenters. The Labute approximate surface area is 233 Å². The highest BCUT2D eigenvalue weighted by atomic mass is 35.5. The van der Waals surface area contributed by atoms with Crippen LogP contribution in [-0.2, 0) is 17.3 Å². The van der Waals surface area contributed by atoms with Crippen LogP contribution in [-0.4, -0.2) is 57.1 Å². The number of piperazine rings is 1. The average molecular weight is 558 g/mol. The van der Waals surface area contributed by atoms with E-state index >= 15 is 0 Å². The summed E-state index contributed by atoms with van der Waals surface area (Å²) >= 11 is 6.22. The zero-order chi connectivity index (χ0) is 26.9. The molecule has 1 saturated heterocycles. The predicted molar refractivity (Wildman–Crippen MR) is 150 cm³/mol. The maximum atomic E-state index is 13.8. The zero-order valence-corrected chi connectivity index (χ0v) is 22.4. The van der Waals surface area contributed by atoms with Crippen LogP contribution in [0.3, 0.4) is 0 Å². The molecule has 1 aromatic heterocycles. The minimum Gasteiger partial charge on any atom is -0.337 e. The molecule has 10 heteroatoms. The zero-order valence-electron chi connectivity index (χ0n) is 20.9. The second-order valence-corrected chi connectivity index (χ2v) is 11.2. The third kappa shape index (κ3) is 4.91. The van der Waals surface area contributed by atoms with Crippen molar-refractivity contribution in [1.82, 2.24) is 14.9 Å². The number of aromatic nitrogens is 2. The maximum Gasteiger partial charge on any atom is 0.259 e. The summed E-state index contributed by atoms with van der Waals surface area (Å²) in [5.74, 6) is 0.222. The molecule has 0 N–H and O–H groups in total. The van der Waals surface area contributed by atoms with Crippen molar-refractivity contribution in [3.8, 4) is 0 Å². The minimum atomic E-state index is -1.60. The molecule has 3 aromatic carbocycles. The van der Waals surface area contributed by atoms with E-state index in [0.717, 1.165) is 5.56 Å². The quantitative estimate of drug-likeness (QED) is 0.369. The number of amides is 2. The van der Waals surface area contributed by atoms with Crippen molar-refractivity contribution in [2.24, 2.45) is 0 Å². The first kappa shape index (κ1) is 25.2. The number of hydrogen-bond donors (Lipinski definition) is 0. The number of hydrogen-bond acceptors (Lipinski definition) is 6. The van der Waals surface area contributed by atoms with Crippen molar-refractivity contribution < 1.29 is 13.8 Å². The van der Waals surface area contributed by atoms with E-state index in [-0.39, 0.29) is 18.4 Å². The molecular weight excluding hydrogens is 534 g/mol. The van der Waals surface area contributed by atoms with E-state index in [2.05, 4.69) is 9.97 Å². The fourth-order valence-electron chi connectivity index (χ4n) is 4.92. The van der Waals surface area contributed by atoms with E-state index in [1.807, 2.05) is 17.0 Å². The van der Waals surface area contributed by atoms with Crippen molar-refractivity contribution in [3.05, 3.63) is 107 Å². The van der Waals surface area contributed by atoms with Crippen LogP contribution in [0.5, 0.6) is 0 Å². The Morgan fingerprint density at radius 1 is 0.872 bits per heavy atom. The molecule has 4 aromatic rings. The molecule has 2 aliphatic heterocycles. The lowest BCUT2D eigenvalue weighted by molar-refractivity contribution is 0.0745. The Morgan fingerprint density at radius 2 is 1.64 bits per heavy atom. The summed E-state index contributed by atoms with van der Waals surface area (Å²) in [5, 5.41) is 0.558. The van der Waals surface area contributed by atoms with Crippen LogP contribution in [0.15, 0.2) is 95.0 Å². The van der Waals surface area contributed by atoms with E-state index in [1.54, 1.807) is 82.9 Å². The van der Waals surface area contributed by atoms with Gasteiger partial charge < -0.3 is 14.7 Å². The minimum absolute atomic E-state index is 0.144. The highest BCUT2D eigenvalue weighted by molar-refractivity contribution is 7.85. The molecule has 2 aliphatic rings. The van der Waals surface area contributed by atoms with Gasteiger partial charge >= 0.3 is 0 Å². The summed E-state index contributed by atoms with van der Waals surface area (Å²) in [7, 11) is -1.60. The molecule has 0 unspecified atom stereocenters. The summed E-state index contributed by atoms with van der Waals surface area (Å²) in [6.45, 7) is 2.46. The van der Waals surface area contributed by atoms with Crippen LogP contribution >= 0.6 is 11.6 Å². The van der Waals surface area contributed by atoms with Gasteiger partial charge in [0.25, 0.3) is 11.8 Å². The van der Waals surface area contributed by atoms with Crippen LogP contribution < -0.4 is 9.80 Å². The van der Waals surface area contributed by atoms with Gasteiger partial charge in [-0.15, -0.1) is 0 Å². The number of carbonyl (C=O) groups is 2. The third-order valence-electron chi connectivity index (χ3n) is 6.89.